The predicted molar refractivity (Wildman–Crippen MR) is 54.7 cm³/mol. The van der Waals surface area contributed by atoms with E-state index >= 15 is 0 Å². The second kappa shape index (κ2) is 2.28. The molecule has 2 heteroatoms. The van der Waals surface area contributed by atoms with Crippen LogP contribution in [0.25, 0.3) is 10.9 Å². The Kier molecular flexibility index (Phi) is 1.23. The van der Waals surface area contributed by atoms with E-state index in [9.17, 15) is 0 Å². The fourth-order valence-corrected chi connectivity index (χ4v) is 2.26. The minimum absolute atomic E-state index is 0.862. The summed E-state index contributed by atoms with van der Waals surface area (Å²) in [5.41, 5.74) is 10.8. The van der Waals surface area contributed by atoms with Crippen molar-refractivity contribution < 1.29 is 0 Å². The summed E-state index contributed by atoms with van der Waals surface area (Å²) in [4.78, 5) is 3.45. The Morgan fingerprint density at radius 1 is 1.23 bits per heavy atom. The van der Waals surface area contributed by atoms with Gasteiger partial charge in [0.15, 0.2) is 0 Å². The monoisotopic (exact) mass is 172 g/mol. The van der Waals surface area contributed by atoms with Crippen LogP contribution in [-0.4, -0.2) is 4.98 Å². The van der Waals surface area contributed by atoms with Crippen molar-refractivity contribution in [3.63, 3.8) is 0 Å². The molecule has 0 fully saturated rings. The van der Waals surface area contributed by atoms with E-state index in [1.54, 1.807) is 0 Å². The van der Waals surface area contributed by atoms with Crippen LogP contribution in [0, 0.1) is 0 Å². The lowest BCUT2D eigenvalue weighted by Crippen LogP contribution is -1.83. The molecule has 2 aromatic rings. The molecule has 1 heterocycles. The first-order valence-corrected chi connectivity index (χ1v) is 4.73. The van der Waals surface area contributed by atoms with E-state index in [1.807, 2.05) is 6.07 Å². The molecule has 0 spiro atoms. The number of benzene rings is 1. The molecule has 1 aliphatic rings. The summed E-state index contributed by atoms with van der Waals surface area (Å²) in [6, 6.07) is 6.10. The predicted octanol–water partition coefficient (Wildman–Crippen LogP) is 2.24. The largest absolute Gasteiger partial charge is 0.399 e. The summed E-state index contributed by atoms with van der Waals surface area (Å²) in [6.07, 6.45) is 3.69. The number of hydrogen-bond acceptors (Lipinski definition) is 1. The lowest BCUT2D eigenvalue weighted by molar-refractivity contribution is 0.899. The Labute approximate surface area is 76.8 Å². The molecule has 66 valence electrons. The minimum Gasteiger partial charge on any atom is -0.399 e. The van der Waals surface area contributed by atoms with E-state index in [0.717, 1.165) is 5.69 Å². The molecule has 3 N–H and O–H groups in total. The van der Waals surface area contributed by atoms with Crippen LogP contribution >= 0.6 is 0 Å². The molecule has 0 saturated carbocycles. The van der Waals surface area contributed by atoms with Gasteiger partial charge in [0.05, 0.1) is 0 Å². The Morgan fingerprint density at radius 3 is 3.08 bits per heavy atom. The van der Waals surface area contributed by atoms with Gasteiger partial charge >= 0.3 is 0 Å². The lowest BCUT2D eigenvalue weighted by Gasteiger charge is -1.95. The van der Waals surface area contributed by atoms with Crippen molar-refractivity contribution in [2.45, 2.75) is 19.3 Å². The fourth-order valence-electron chi connectivity index (χ4n) is 2.26. The molecule has 3 rings (SSSR count). The molecule has 13 heavy (non-hydrogen) atoms. The highest BCUT2D eigenvalue weighted by Gasteiger charge is 2.16. The van der Waals surface area contributed by atoms with Gasteiger partial charge in [0.2, 0.25) is 0 Å². The second-order valence-corrected chi connectivity index (χ2v) is 3.74. The van der Waals surface area contributed by atoms with Crippen LogP contribution in [0.3, 0.4) is 0 Å². The summed E-state index contributed by atoms with van der Waals surface area (Å²) in [5, 5.41) is 1.33. The molecule has 1 aliphatic carbocycles. The maximum Gasteiger partial charge on any atom is 0.0460 e. The van der Waals surface area contributed by atoms with Crippen LogP contribution in [0.2, 0.25) is 0 Å². The third-order valence-corrected chi connectivity index (χ3v) is 2.87. The number of aryl methyl sites for hydroxylation is 2. The Hall–Kier alpha value is -1.44. The normalized spacial score (nSPS) is 15.1. The van der Waals surface area contributed by atoms with Crippen molar-refractivity contribution in [3.05, 3.63) is 29.5 Å². The summed E-state index contributed by atoms with van der Waals surface area (Å²) in [5.74, 6) is 0. The van der Waals surface area contributed by atoms with Crippen molar-refractivity contribution in [2.75, 3.05) is 5.73 Å². The minimum atomic E-state index is 0.862. The molecule has 2 nitrogen and oxygen atoms in total. The van der Waals surface area contributed by atoms with E-state index < -0.39 is 0 Å². The van der Waals surface area contributed by atoms with Gasteiger partial charge in [-0.2, -0.15) is 0 Å². The standard InChI is InChI=1S/C11H12N2/c12-7-4-5-11-9(6-7)8-2-1-3-10(8)13-11/h4-6,13H,1-3,12H2. The molecule has 1 aromatic heterocycles. The number of fused-ring (bicyclic) bond motifs is 3. The maximum absolute atomic E-state index is 5.76. The van der Waals surface area contributed by atoms with Gasteiger partial charge in [0.1, 0.15) is 0 Å². The SMILES string of the molecule is Nc1ccc2[nH]c3c(c2c1)CCC3. The van der Waals surface area contributed by atoms with Gasteiger partial charge < -0.3 is 10.7 Å². The number of aromatic nitrogens is 1. The Morgan fingerprint density at radius 2 is 2.15 bits per heavy atom. The topological polar surface area (TPSA) is 41.8 Å². The number of nitrogen functional groups attached to an aromatic ring is 1. The van der Waals surface area contributed by atoms with Gasteiger partial charge in [-0.1, -0.05) is 0 Å². The number of H-pyrrole nitrogens is 1. The third-order valence-electron chi connectivity index (χ3n) is 2.87. The van der Waals surface area contributed by atoms with Crippen LogP contribution in [0.1, 0.15) is 17.7 Å². The van der Waals surface area contributed by atoms with Crippen molar-refractivity contribution in [2.24, 2.45) is 0 Å². The Balaban J connectivity index is 2.40. The van der Waals surface area contributed by atoms with Crippen LogP contribution in [0.15, 0.2) is 18.2 Å². The molecule has 0 atom stereocenters. The number of nitrogens with two attached hydrogens (primary N) is 1. The fraction of sp³-hybridized carbons (Fsp3) is 0.273. The second-order valence-electron chi connectivity index (χ2n) is 3.74. The molecule has 0 unspecified atom stereocenters. The lowest BCUT2D eigenvalue weighted by atomic mass is 10.1. The van der Waals surface area contributed by atoms with Crippen LogP contribution < -0.4 is 5.73 Å². The third kappa shape index (κ3) is 0.886. The zero-order valence-corrected chi connectivity index (χ0v) is 7.43. The van der Waals surface area contributed by atoms with E-state index in [2.05, 4.69) is 17.1 Å². The zero-order chi connectivity index (χ0) is 8.84. The van der Waals surface area contributed by atoms with Crippen LogP contribution in [0.5, 0.6) is 0 Å². The average Bonchev–Trinajstić information content (AvgIpc) is 2.64. The van der Waals surface area contributed by atoms with E-state index in [0.29, 0.717) is 0 Å². The molecular weight excluding hydrogens is 160 g/mol. The molecule has 0 aliphatic heterocycles. The van der Waals surface area contributed by atoms with E-state index in [-0.39, 0.29) is 0 Å². The average molecular weight is 172 g/mol. The van der Waals surface area contributed by atoms with Gasteiger partial charge in [-0.3, -0.25) is 0 Å². The van der Waals surface area contributed by atoms with Crippen molar-refractivity contribution in [3.8, 4) is 0 Å². The summed E-state index contributed by atoms with van der Waals surface area (Å²) >= 11 is 0. The molecule has 0 radical (unpaired) electrons. The van der Waals surface area contributed by atoms with E-state index in [4.69, 9.17) is 5.73 Å². The van der Waals surface area contributed by atoms with Crippen LogP contribution in [0.4, 0.5) is 5.69 Å². The first-order valence-electron chi connectivity index (χ1n) is 4.73. The van der Waals surface area contributed by atoms with Gasteiger partial charge in [-0.25, -0.2) is 0 Å². The van der Waals surface area contributed by atoms with Gasteiger partial charge in [0, 0.05) is 22.3 Å². The molecule has 1 aromatic carbocycles. The number of hydrogen-bond donors (Lipinski definition) is 2. The van der Waals surface area contributed by atoms with Crippen molar-refractivity contribution >= 4 is 16.6 Å². The molecule has 0 saturated heterocycles. The van der Waals surface area contributed by atoms with Crippen molar-refractivity contribution in [1.82, 2.24) is 4.98 Å². The van der Waals surface area contributed by atoms with Crippen LogP contribution in [-0.2, 0) is 12.8 Å². The molecule has 0 amide bonds. The van der Waals surface area contributed by atoms with E-state index in [1.165, 1.54) is 41.4 Å². The number of anilines is 1. The number of nitrogens with one attached hydrogen (secondary N) is 1. The maximum atomic E-state index is 5.76. The highest BCUT2D eigenvalue weighted by atomic mass is 14.7. The highest BCUT2D eigenvalue weighted by molar-refractivity contribution is 5.87. The molecular formula is C11H12N2. The van der Waals surface area contributed by atoms with Gasteiger partial charge in [-0.15, -0.1) is 0 Å². The summed E-state index contributed by atoms with van der Waals surface area (Å²) < 4.78 is 0. The first-order chi connectivity index (χ1) is 6.34. The Bertz CT molecular complexity index is 468. The summed E-state index contributed by atoms with van der Waals surface area (Å²) in [6.45, 7) is 0. The quantitative estimate of drug-likeness (QED) is 0.588. The first kappa shape index (κ1) is 7.01. The number of rotatable bonds is 0. The summed E-state index contributed by atoms with van der Waals surface area (Å²) in [7, 11) is 0. The smallest absolute Gasteiger partial charge is 0.0460 e. The van der Waals surface area contributed by atoms with Crippen molar-refractivity contribution in [1.29, 1.82) is 0 Å². The number of aromatic amines is 1. The molecule has 0 bridgehead atoms. The van der Waals surface area contributed by atoms with Gasteiger partial charge in [-0.05, 0) is 43.0 Å². The van der Waals surface area contributed by atoms with Gasteiger partial charge in [0.25, 0.3) is 0 Å². The highest BCUT2D eigenvalue weighted by Crippen LogP contribution is 2.30. The zero-order valence-electron chi connectivity index (χ0n) is 7.43.